The van der Waals surface area contributed by atoms with Gasteiger partial charge in [-0.05, 0) is 61.5 Å². The number of halogens is 5. The lowest BCUT2D eigenvalue weighted by Gasteiger charge is -2.28. The van der Waals surface area contributed by atoms with Crippen molar-refractivity contribution in [1.82, 2.24) is 5.32 Å². The van der Waals surface area contributed by atoms with Gasteiger partial charge in [0.1, 0.15) is 11.6 Å². The van der Waals surface area contributed by atoms with Crippen LogP contribution in [0.1, 0.15) is 24.2 Å². The van der Waals surface area contributed by atoms with E-state index in [0.717, 1.165) is 30.0 Å². The highest BCUT2D eigenvalue weighted by Gasteiger charge is 2.37. The topological polar surface area (TPSA) is 107 Å². The number of furan rings is 1. The molecule has 206 valence electrons. The monoisotopic (exact) mass is 590 g/mol. The highest BCUT2D eigenvalue weighted by Crippen LogP contribution is 2.42. The van der Waals surface area contributed by atoms with E-state index in [2.05, 4.69) is 22.0 Å². The summed E-state index contributed by atoms with van der Waals surface area (Å²) >= 11 is 7.06. The molecule has 0 radical (unpaired) electrons. The van der Waals surface area contributed by atoms with Crippen molar-refractivity contribution < 1.29 is 31.6 Å². The number of thioether (sulfide) groups is 1. The Kier molecular flexibility index (Phi) is 8.56. The van der Waals surface area contributed by atoms with Gasteiger partial charge >= 0.3 is 6.18 Å². The zero-order valence-electron chi connectivity index (χ0n) is 20.5. The Labute approximate surface area is 234 Å². The second-order valence-corrected chi connectivity index (χ2v) is 9.85. The third-order valence-corrected chi connectivity index (χ3v) is 7.08. The highest BCUT2D eigenvalue weighted by atomic mass is 35.5. The van der Waals surface area contributed by atoms with Crippen LogP contribution in [0, 0.1) is 17.1 Å². The minimum atomic E-state index is -4.66. The molecule has 0 unspecified atom stereocenters. The third-order valence-electron chi connectivity index (χ3n) is 5.74. The first-order valence-electron chi connectivity index (χ1n) is 11.5. The smallest absolute Gasteiger partial charge is 0.416 e. The summed E-state index contributed by atoms with van der Waals surface area (Å²) in [7, 11) is 0. The van der Waals surface area contributed by atoms with Crippen molar-refractivity contribution in [1.29, 1.82) is 5.26 Å². The van der Waals surface area contributed by atoms with Crippen molar-refractivity contribution in [2.24, 2.45) is 0 Å². The first-order chi connectivity index (χ1) is 19.0. The van der Waals surface area contributed by atoms with Gasteiger partial charge in [0.2, 0.25) is 5.91 Å². The third kappa shape index (κ3) is 6.50. The van der Waals surface area contributed by atoms with Gasteiger partial charge in [-0.3, -0.25) is 9.59 Å². The summed E-state index contributed by atoms with van der Waals surface area (Å²) in [4.78, 5) is 25.9. The maximum Gasteiger partial charge on any atom is 0.416 e. The van der Waals surface area contributed by atoms with Crippen LogP contribution in [0.3, 0.4) is 0 Å². The van der Waals surface area contributed by atoms with Crippen LogP contribution in [0.5, 0.6) is 0 Å². The van der Waals surface area contributed by atoms with Gasteiger partial charge < -0.3 is 20.4 Å². The quantitative estimate of drug-likeness (QED) is 0.261. The molecule has 1 aliphatic heterocycles. The van der Waals surface area contributed by atoms with Gasteiger partial charge in [0.25, 0.3) is 5.91 Å². The molecule has 0 spiro atoms. The van der Waals surface area contributed by atoms with Crippen molar-refractivity contribution in [2.75, 3.05) is 16.4 Å². The molecule has 1 atom stereocenters. The molecule has 2 aromatic carbocycles. The molecule has 0 saturated carbocycles. The normalized spacial score (nSPS) is 15.4. The summed E-state index contributed by atoms with van der Waals surface area (Å²) in [5, 5.41) is 18.2. The van der Waals surface area contributed by atoms with E-state index in [9.17, 15) is 32.4 Å². The van der Waals surface area contributed by atoms with E-state index in [4.69, 9.17) is 16.0 Å². The second kappa shape index (κ2) is 11.9. The number of nitrogens with zero attached hydrogens (tertiary/aromatic N) is 1. The van der Waals surface area contributed by atoms with Gasteiger partial charge in [-0.2, -0.15) is 18.4 Å². The zero-order chi connectivity index (χ0) is 29.0. The van der Waals surface area contributed by atoms with Crippen molar-refractivity contribution in [3.8, 4) is 6.07 Å². The second-order valence-electron chi connectivity index (χ2n) is 8.46. The van der Waals surface area contributed by atoms with Crippen molar-refractivity contribution in [3.05, 3.63) is 105 Å². The Morgan fingerprint density at radius 2 is 1.88 bits per heavy atom. The molecule has 0 fully saturated rings. The summed E-state index contributed by atoms with van der Waals surface area (Å²) in [6.45, 7) is 1.55. The Hall–Kier alpha value is -4.21. The van der Waals surface area contributed by atoms with E-state index in [0.29, 0.717) is 5.69 Å². The van der Waals surface area contributed by atoms with E-state index in [-0.39, 0.29) is 44.1 Å². The number of hydrogen-bond acceptors (Lipinski definition) is 6. The number of hydrogen-bond donors (Lipinski definition) is 3. The maximum absolute atomic E-state index is 13.4. The summed E-state index contributed by atoms with van der Waals surface area (Å²) in [5.74, 6) is -2.63. The molecule has 2 amide bonds. The summed E-state index contributed by atoms with van der Waals surface area (Å²) in [5.41, 5.74) is -0.532. The fourth-order valence-electron chi connectivity index (χ4n) is 3.92. The number of alkyl halides is 3. The molecule has 0 bridgehead atoms. The molecular formula is C27H19ClF4N4O3S. The van der Waals surface area contributed by atoms with Gasteiger partial charge in [-0.1, -0.05) is 23.4 Å². The van der Waals surface area contributed by atoms with E-state index >= 15 is 0 Å². The fraction of sp³-hybridized carbons (Fsp3) is 0.148. The average Bonchev–Trinajstić information content (AvgIpc) is 3.43. The van der Waals surface area contributed by atoms with Crippen LogP contribution in [-0.2, 0) is 15.8 Å². The Bertz CT molecular complexity index is 1550. The molecule has 40 heavy (non-hydrogen) atoms. The van der Waals surface area contributed by atoms with Crippen LogP contribution in [0.15, 0.2) is 87.1 Å². The van der Waals surface area contributed by atoms with Crippen LogP contribution >= 0.6 is 23.4 Å². The molecule has 0 aliphatic carbocycles. The predicted molar refractivity (Wildman–Crippen MR) is 142 cm³/mol. The molecule has 2 heterocycles. The molecule has 1 aliphatic rings. The minimum Gasteiger partial charge on any atom is -0.468 e. The van der Waals surface area contributed by atoms with Crippen LogP contribution in [0.4, 0.5) is 28.9 Å². The van der Waals surface area contributed by atoms with Crippen molar-refractivity contribution in [3.63, 3.8) is 0 Å². The van der Waals surface area contributed by atoms with Crippen LogP contribution in [0.25, 0.3) is 0 Å². The maximum atomic E-state index is 13.4. The first-order valence-corrected chi connectivity index (χ1v) is 12.9. The van der Waals surface area contributed by atoms with Gasteiger partial charge in [-0.25, -0.2) is 4.39 Å². The molecule has 1 aromatic heterocycles. The fourth-order valence-corrected chi connectivity index (χ4v) is 4.98. The molecular weight excluding hydrogens is 572 g/mol. The number of carbonyl (C=O) groups is 2. The van der Waals surface area contributed by atoms with Gasteiger partial charge in [0, 0.05) is 11.4 Å². The van der Waals surface area contributed by atoms with Crippen LogP contribution in [0.2, 0.25) is 5.02 Å². The van der Waals surface area contributed by atoms with E-state index in [1.807, 2.05) is 0 Å². The highest BCUT2D eigenvalue weighted by molar-refractivity contribution is 8.03. The Morgan fingerprint density at radius 3 is 2.50 bits per heavy atom. The van der Waals surface area contributed by atoms with Crippen LogP contribution in [-0.4, -0.2) is 17.6 Å². The lowest BCUT2D eigenvalue weighted by atomic mass is 9.85. The van der Waals surface area contributed by atoms with Gasteiger partial charge in [0.05, 0.1) is 56.5 Å². The molecule has 3 aromatic rings. The molecule has 13 heteroatoms. The number of benzene rings is 2. The number of allylic oxidation sites excluding steroid dienone is 2. The number of dihydropyridines is 1. The minimum absolute atomic E-state index is 0.0140. The van der Waals surface area contributed by atoms with E-state index < -0.39 is 35.3 Å². The predicted octanol–water partition coefficient (Wildman–Crippen LogP) is 6.80. The summed E-state index contributed by atoms with van der Waals surface area (Å²) in [6, 6.07) is 12.9. The van der Waals surface area contributed by atoms with Crippen LogP contribution < -0.4 is 16.0 Å². The number of nitrogens with one attached hydrogen (secondary N) is 3. The Morgan fingerprint density at radius 1 is 1.15 bits per heavy atom. The van der Waals surface area contributed by atoms with E-state index in [1.165, 1.54) is 30.5 Å². The zero-order valence-corrected chi connectivity index (χ0v) is 22.1. The van der Waals surface area contributed by atoms with E-state index in [1.54, 1.807) is 19.1 Å². The molecule has 4 rings (SSSR count). The molecule has 3 N–H and O–H groups in total. The standard InChI is InChI=1S/C27H19ClF4N4O3S/c1-14-23(25(38)36-20-11-15(27(30,31)32)4-9-19(20)28)24(21-3-2-10-39-21)18(12-33)26(34-14)40-13-22(37)35-17-7-5-16(29)6-8-17/h2-11,24,34H,13H2,1H3,(H,35,37)(H,36,38)/t24-/m1/s1. The Balaban J connectivity index is 1.60. The molecule has 7 nitrogen and oxygen atoms in total. The van der Waals surface area contributed by atoms with Crippen molar-refractivity contribution >= 4 is 46.6 Å². The lowest BCUT2D eigenvalue weighted by molar-refractivity contribution is -0.137. The number of nitriles is 1. The number of amides is 2. The lowest BCUT2D eigenvalue weighted by Crippen LogP contribution is -2.31. The van der Waals surface area contributed by atoms with Gasteiger partial charge in [0.15, 0.2) is 0 Å². The number of anilines is 2. The number of rotatable bonds is 7. The molecule has 0 saturated heterocycles. The SMILES string of the molecule is CC1=C(C(=O)Nc2cc(C(F)(F)F)ccc2Cl)[C@@H](c2ccco2)C(C#N)=C(SCC(=O)Nc2ccc(F)cc2)N1. The number of carbonyl (C=O) groups excluding carboxylic acids is 2. The van der Waals surface area contributed by atoms with Crippen molar-refractivity contribution in [2.45, 2.75) is 19.0 Å². The average molecular weight is 591 g/mol. The first kappa shape index (κ1) is 28.8. The largest absolute Gasteiger partial charge is 0.468 e. The van der Waals surface area contributed by atoms with Gasteiger partial charge in [-0.15, -0.1) is 0 Å². The summed E-state index contributed by atoms with van der Waals surface area (Å²) < 4.78 is 58.3. The summed E-state index contributed by atoms with van der Waals surface area (Å²) in [6.07, 6.45) is -3.31.